The van der Waals surface area contributed by atoms with Gasteiger partial charge in [0.15, 0.2) is 5.78 Å². The van der Waals surface area contributed by atoms with Crippen LogP contribution in [0.4, 0.5) is 0 Å². The van der Waals surface area contributed by atoms with Gasteiger partial charge in [-0.25, -0.2) is 4.79 Å². The van der Waals surface area contributed by atoms with E-state index in [1.54, 1.807) is 6.08 Å². The molecule has 4 nitrogen and oxygen atoms in total. The van der Waals surface area contributed by atoms with E-state index in [2.05, 4.69) is 13.5 Å². The highest BCUT2D eigenvalue weighted by atomic mass is 16.5. The molecule has 0 saturated heterocycles. The zero-order valence-electron chi connectivity index (χ0n) is 13.7. The molecule has 4 rings (SSSR count). The van der Waals surface area contributed by atoms with Gasteiger partial charge in [0.1, 0.15) is 12.4 Å². The first-order chi connectivity index (χ1) is 11.5. The molecule has 0 spiro atoms. The summed E-state index contributed by atoms with van der Waals surface area (Å²) in [4.78, 5) is 24.7. The van der Waals surface area contributed by atoms with E-state index in [-0.39, 0.29) is 28.8 Å². The van der Waals surface area contributed by atoms with Crippen molar-refractivity contribution in [3.05, 3.63) is 52.6 Å². The largest absolute Gasteiger partial charge is 0.507 e. The molecule has 0 bridgehead atoms. The SMILES string of the molecule is C=CCc1ccc2c(c1O)C(=O)CC1C3=C(CCC21C)C(=O)OC3. The number of Topliss-reactive ketones (excluding diaryl/α,β-unsaturated/α-hetero) is 1. The van der Waals surface area contributed by atoms with Gasteiger partial charge in [-0.3, -0.25) is 4.79 Å². The van der Waals surface area contributed by atoms with Gasteiger partial charge in [0.25, 0.3) is 0 Å². The Morgan fingerprint density at radius 2 is 2.21 bits per heavy atom. The van der Waals surface area contributed by atoms with Crippen LogP contribution in [0.3, 0.4) is 0 Å². The summed E-state index contributed by atoms with van der Waals surface area (Å²) < 4.78 is 5.21. The predicted molar refractivity (Wildman–Crippen MR) is 89.0 cm³/mol. The maximum absolute atomic E-state index is 12.8. The van der Waals surface area contributed by atoms with Crippen molar-refractivity contribution in [3.63, 3.8) is 0 Å². The molecule has 0 amide bonds. The number of phenolic OH excluding ortho intramolecular Hbond substituents is 1. The lowest BCUT2D eigenvalue weighted by Gasteiger charge is -2.46. The maximum Gasteiger partial charge on any atom is 0.334 e. The summed E-state index contributed by atoms with van der Waals surface area (Å²) in [6.07, 6.45) is 4.03. The van der Waals surface area contributed by atoms with E-state index in [1.165, 1.54) is 0 Å². The van der Waals surface area contributed by atoms with Crippen LogP contribution in [0.15, 0.2) is 35.9 Å². The number of rotatable bonds is 2. The third kappa shape index (κ3) is 1.86. The molecule has 2 atom stereocenters. The molecule has 2 aliphatic carbocycles. The van der Waals surface area contributed by atoms with E-state index in [1.807, 2.05) is 12.1 Å². The number of phenols is 1. The molecule has 1 aliphatic heterocycles. The molecule has 2 unspecified atom stereocenters. The lowest BCUT2D eigenvalue weighted by Crippen LogP contribution is -2.43. The average Bonchev–Trinajstić information content (AvgIpc) is 2.92. The van der Waals surface area contributed by atoms with Gasteiger partial charge in [-0.2, -0.15) is 0 Å². The summed E-state index contributed by atoms with van der Waals surface area (Å²) in [7, 11) is 0. The third-order valence-corrected chi connectivity index (χ3v) is 5.99. The van der Waals surface area contributed by atoms with E-state index < -0.39 is 0 Å². The molecule has 1 aromatic carbocycles. The van der Waals surface area contributed by atoms with E-state index in [9.17, 15) is 14.7 Å². The fraction of sp³-hybridized carbons (Fsp3) is 0.400. The van der Waals surface area contributed by atoms with Gasteiger partial charge < -0.3 is 9.84 Å². The minimum absolute atomic E-state index is 0.0163. The van der Waals surface area contributed by atoms with Crippen LogP contribution >= 0.6 is 0 Å². The highest BCUT2D eigenvalue weighted by Crippen LogP contribution is 2.54. The summed E-state index contributed by atoms with van der Waals surface area (Å²) in [5.41, 5.74) is 3.60. The summed E-state index contributed by atoms with van der Waals surface area (Å²) in [6.45, 7) is 6.15. The second-order valence-electron chi connectivity index (χ2n) is 7.17. The molecule has 4 heteroatoms. The van der Waals surface area contributed by atoms with Crippen LogP contribution in [0.1, 0.15) is 47.7 Å². The summed E-state index contributed by atoms with van der Waals surface area (Å²) in [5, 5.41) is 10.6. The van der Waals surface area contributed by atoms with Crippen LogP contribution in [0.2, 0.25) is 0 Å². The number of aromatic hydroxyl groups is 1. The van der Waals surface area contributed by atoms with Gasteiger partial charge in [0.2, 0.25) is 0 Å². The van der Waals surface area contributed by atoms with Gasteiger partial charge in [-0.1, -0.05) is 25.1 Å². The van der Waals surface area contributed by atoms with Crippen LogP contribution < -0.4 is 0 Å². The van der Waals surface area contributed by atoms with Crippen LogP contribution in [-0.2, 0) is 21.4 Å². The van der Waals surface area contributed by atoms with E-state index in [4.69, 9.17) is 4.74 Å². The summed E-state index contributed by atoms with van der Waals surface area (Å²) >= 11 is 0. The van der Waals surface area contributed by atoms with Gasteiger partial charge in [0.05, 0.1) is 5.56 Å². The molecule has 0 aromatic heterocycles. The van der Waals surface area contributed by atoms with Gasteiger partial charge in [-0.05, 0) is 36.0 Å². The first kappa shape index (κ1) is 15.2. The first-order valence-corrected chi connectivity index (χ1v) is 8.36. The number of carbonyl (C=O) groups is 2. The number of allylic oxidation sites excluding steroid dienone is 1. The number of carbonyl (C=O) groups excluding carboxylic acids is 2. The van der Waals surface area contributed by atoms with E-state index in [0.29, 0.717) is 31.4 Å². The summed E-state index contributed by atoms with van der Waals surface area (Å²) in [5.74, 6) is -0.202. The second kappa shape index (κ2) is 5.07. The second-order valence-corrected chi connectivity index (χ2v) is 7.17. The highest BCUT2D eigenvalue weighted by Gasteiger charge is 2.51. The molecule has 1 heterocycles. The Balaban J connectivity index is 1.88. The molecule has 124 valence electrons. The van der Waals surface area contributed by atoms with Crippen molar-refractivity contribution in [3.8, 4) is 5.75 Å². The normalized spacial score (nSPS) is 28.1. The Morgan fingerprint density at radius 3 is 2.96 bits per heavy atom. The van der Waals surface area contributed by atoms with Gasteiger partial charge >= 0.3 is 5.97 Å². The van der Waals surface area contributed by atoms with Crippen LogP contribution in [0.25, 0.3) is 0 Å². The van der Waals surface area contributed by atoms with Crippen molar-refractivity contribution in [2.24, 2.45) is 5.92 Å². The number of hydrogen-bond acceptors (Lipinski definition) is 4. The Bertz CT molecular complexity index is 817. The zero-order chi connectivity index (χ0) is 17.1. The molecule has 1 aromatic rings. The van der Waals surface area contributed by atoms with Crippen molar-refractivity contribution in [2.45, 2.75) is 38.0 Å². The minimum atomic E-state index is -0.250. The molecular formula is C20H20O4. The minimum Gasteiger partial charge on any atom is -0.507 e. The quantitative estimate of drug-likeness (QED) is 0.670. The van der Waals surface area contributed by atoms with Crippen molar-refractivity contribution in [1.82, 2.24) is 0 Å². The highest BCUT2D eigenvalue weighted by molar-refractivity contribution is 6.03. The molecular weight excluding hydrogens is 304 g/mol. The van der Waals surface area contributed by atoms with Crippen LogP contribution in [0, 0.1) is 5.92 Å². The van der Waals surface area contributed by atoms with Crippen molar-refractivity contribution in [1.29, 1.82) is 0 Å². The molecule has 1 N–H and O–H groups in total. The van der Waals surface area contributed by atoms with Crippen LogP contribution in [0.5, 0.6) is 5.75 Å². The average molecular weight is 324 g/mol. The van der Waals surface area contributed by atoms with E-state index in [0.717, 1.165) is 28.7 Å². The number of hydrogen-bond donors (Lipinski definition) is 1. The van der Waals surface area contributed by atoms with Gasteiger partial charge in [0, 0.05) is 23.3 Å². The molecule has 0 saturated carbocycles. The van der Waals surface area contributed by atoms with Crippen molar-refractivity contribution < 1.29 is 19.4 Å². The third-order valence-electron chi connectivity index (χ3n) is 5.99. The Hall–Kier alpha value is -2.36. The predicted octanol–water partition coefficient (Wildman–Crippen LogP) is 3.23. The number of benzene rings is 1. The van der Waals surface area contributed by atoms with Crippen molar-refractivity contribution >= 4 is 11.8 Å². The first-order valence-electron chi connectivity index (χ1n) is 8.36. The van der Waals surface area contributed by atoms with Crippen LogP contribution in [-0.4, -0.2) is 23.5 Å². The topological polar surface area (TPSA) is 63.6 Å². The zero-order valence-corrected chi connectivity index (χ0v) is 13.7. The van der Waals surface area contributed by atoms with Gasteiger partial charge in [-0.15, -0.1) is 6.58 Å². The number of esters is 1. The smallest absolute Gasteiger partial charge is 0.334 e. The fourth-order valence-corrected chi connectivity index (χ4v) is 4.64. The maximum atomic E-state index is 12.8. The number of cyclic esters (lactones) is 1. The molecule has 0 fully saturated rings. The molecule has 24 heavy (non-hydrogen) atoms. The Kier molecular flexibility index (Phi) is 3.21. The monoisotopic (exact) mass is 324 g/mol. The number of fused-ring (bicyclic) bond motifs is 4. The van der Waals surface area contributed by atoms with Crippen molar-refractivity contribution in [2.75, 3.05) is 6.61 Å². The Labute approximate surface area is 140 Å². The number of ether oxygens (including phenoxy) is 1. The lowest BCUT2D eigenvalue weighted by molar-refractivity contribution is -0.136. The fourth-order valence-electron chi connectivity index (χ4n) is 4.64. The lowest BCUT2D eigenvalue weighted by atomic mass is 9.56. The number of ketones is 1. The molecule has 3 aliphatic rings. The van der Waals surface area contributed by atoms with E-state index >= 15 is 0 Å². The molecule has 0 radical (unpaired) electrons. The standard InChI is InChI=1S/C20H20O4/c1-3-4-11-5-6-14-17(18(11)22)16(21)9-15-13-10-24-19(23)12(13)7-8-20(14,15)2/h3,5-6,15,22H,1,4,7-10H2,2H3. The Morgan fingerprint density at radius 1 is 1.42 bits per heavy atom. The summed E-state index contributed by atoms with van der Waals surface area (Å²) in [6, 6.07) is 3.86.